The molecule has 1 heterocycles. The molecule has 5 heteroatoms. The maximum atomic E-state index is 12.9. The van der Waals surface area contributed by atoms with Crippen LogP contribution in [0.25, 0.3) is 0 Å². The summed E-state index contributed by atoms with van der Waals surface area (Å²) in [5, 5.41) is 9.53. The van der Waals surface area contributed by atoms with E-state index < -0.39 is 11.4 Å². The molecule has 1 aliphatic heterocycles. The van der Waals surface area contributed by atoms with Crippen LogP contribution < -0.4 is 0 Å². The molecule has 124 valence electrons. The third-order valence-electron chi connectivity index (χ3n) is 4.46. The van der Waals surface area contributed by atoms with Crippen LogP contribution in [0.4, 0.5) is 4.39 Å². The van der Waals surface area contributed by atoms with Crippen LogP contribution in [-0.2, 0) is 16.0 Å². The van der Waals surface area contributed by atoms with Crippen LogP contribution in [-0.4, -0.2) is 35.0 Å². The minimum atomic E-state index is -0.911. The van der Waals surface area contributed by atoms with Crippen LogP contribution in [0, 0.1) is 11.2 Å². The van der Waals surface area contributed by atoms with E-state index in [1.54, 1.807) is 23.1 Å². The number of rotatable bonds is 6. The summed E-state index contributed by atoms with van der Waals surface area (Å²) in [6.45, 7) is 4.46. The Morgan fingerprint density at radius 1 is 1.35 bits per heavy atom. The van der Waals surface area contributed by atoms with Crippen LogP contribution >= 0.6 is 0 Å². The lowest BCUT2D eigenvalue weighted by Gasteiger charge is -2.39. The van der Waals surface area contributed by atoms with Gasteiger partial charge in [-0.1, -0.05) is 18.2 Å². The first-order valence-corrected chi connectivity index (χ1v) is 7.83. The molecule has 23 heavy (non-hydrogen) atoms. The summed E-state index contributed by atoms with van der Waals surface area (Å²) < 4.78 is 12.9. The summed E-state index contributed by atoms with van der Waals surface area (Å²) in [6.07, 6.45) is 4.05. The number of nitrogens with zero attached hydrogens (tertiary/aromatic N) is 1. The molecule has 0 aliphatic carbocycles. The third kappa shape index (κ3) is 4.18. The van der Waals surface area contributed by atoms with E-state index >= 15 is 0 Å². The number of amides is 1. The molecule has 1 N–H and O–H groups in total. The number of carbonyl (C=O) groups excluding carboxylic acids is 1. The van der Waals surface area contributed by atoms with E-state index in [2.05, 4.69) is 6.58 Å². The van der Waals surface area contributed by atoms with Gasteiger partial charge in [0.1, 0.15) is 5.82 Å². The summed E-state index contributed by atoms with van der Waals surface area (Å²) in [7, 11) is 0. The van der Waals surface area contributed by atoms with Gasteiger partial charge in [-0.05, 0) is 43.4 Å². The van der Waals surface area contributed by atoms with Crippen molar-refractivity contribution in [1.29, 1.82) is 0 Å². The van der Waals surface area contributed by atoms with Crippen LogP contribution in [0.5, 0.6) is 0 Å². The minimum Gasteiger partial charge on any atom is -0.481 e. The highest BCUT2D eigenvalue weighted by Gasteiger charge is 2.42. The Bertz CT molecular complexity index is 584. The van der Waals surface area contributed by atoms with Crippen LogP contribution in [0.15, 0.2) is 36.9 Å². The van der Waals surface area contributed by atoms with Gasteiger partial charge in [-0.25, -0.2) is 4.39 Å². The monoisotopic (exact) mass is 319 g/mol. The zero-order valence-electron chi connectivity index (χ0n) is 13.1. The number of hydrogen-bond acceptors (Lipinski definition) is 2. The molecule has 1 saturated heterocycles. The summed E-state index contributed by atoms with van der Waals surface area (Å²) >= 11 is 0. The number of aliphatic carboxylic acids is 1. The van der Waals surface area contributed by atoms with Gasteiger partial charge in [0.05, 0.1) is 5.41 Å². The fraction of sp³-hybridized carbons (Fsp3) is 0.444. The normalized spacial score (nSPS) is 21.0. The van der Waals surface area contributed by atoms with Crippen molar-refractivity contribution in [3.05, 3.63) is 48.3 Å². The maximum Gasteiger partial charge on any atom is 0.311 e. The van der Waals surface area contributed by atoms with Gasteiger partial charge < -0.3 is 10.0 Å². The molecule has 1 fully saturated rings. The van der Waals surface area contributed by atoms with Crippen molar-refractivity contribution in [3.63, 3.8) is 0 Å². The third-order valence-corrected chi connectivity index (χ3v) is 4.46. The van der Waals surface area contributed by atoms with E-state index in [0.717, 1.165) is 5.56 Å². The summed E-state index contributed by atoms with van der Waals surface area (Å²) in [5.74, 6) is -1.22. The molecule has 0 aromatic heterocycles. The Kier molecular flexibility index (Phi) is 5.53. The molecule has 0 radical (unpaired) electrons. The average molecular weight is 319 g/mol. The second-order valence-electron chi connectivity index (χ2n) is 6.12. The van der Waals surface area contributed by atoms with E-state index in [-0.39, 0.29) is 18.3 Å². The average Bonchev–Trinajstić information content (AvgIpc) is 2.54. The quantitative estimate of drug-likeness (QED) is 0.820. The molecular formula is C18H22FNO3. The van der Waals surface area contributed by atoms with E-state index in [1.807, 2.05) is 0 Å². The van der Waals surface area contributed by atoms with Gasteiger partial charge in [-0.15, -0.1) is 6.58 Å². The Balaban J connectivity index is 1.97. The van der Waals surface area contributed by atoms with Gasteiger partial charge in [0.2, 0.25) is 5.91 Å². The number of aryl methyl sites for hydroxylation is 1. The number of carbonyl (C=O) groups is 2. The number of carboxylic acid groups (broad SMARTS) is 1. The fourth-order valence-electron chi connectivity index (χ4n) is 3.11. The zero-order chi connectivity index (χ0) is 16.9. The minimum absolute atomic E-state index is 0.0521. The van der Waals surface area contributed by atoms with Gasteiger partial charge >= 0.3 is 5.97 Å². The molecule has 1 aromatic rings. The first-order chi connectivity index (χ1) is 11.0. The van der Waals surface area contributed by atoms with E-state index in [4.69, 9.17) is 0 Å². The molecule has 0 saturated carbocycles. The highest BCUT2D eigenvalue weighted by molar-refractivity contribution is 5.80. The van der Waals surface area contributed by atoms with Crippen molar-refractivity contribution >= 4 is 11.9 Å². The Hall–Kier alpha value is -2.17. The van der Waals surface area contributed by atoms with Crippen LogP contribution in [0.3, 0.4) is 0 Å². The predicted octanol–water partition coefficient (Wildman–Crippen LogP) is 3.03. The van der Waals surface area contributed by atoms with Gasteiger partial charge in [0, 0.05) is 19.5 Å². The second-order valence-corrected chi connectivity index (χ2v) is 6.12. The van der Waals surface area contributed by atoms with Crippen molar-refractivity contribution in [2.24, 2.45) is 5.41 Å². The Morgan fingerprint density at radius 2 is 2.04 bits per heavy atom. The Morgan fingerprint density at radius 3 is 2.65 bits per heavy atom. The van der Waals surface area contributed by atoms with E-state index in [9.17, 15) is 19.1 Å². The number of allylic oxidation sites excluding steroid dienone is 1. The topological polar surface area (TPSA) is 57.6 Å². The lowest BCUT2D eigenvalue weighted by Crippen LogP contribution is -2.49. The smallest absolute Gasteiger partial charge is 0.311 e. The molecule has 1 atom stereocenters. The molecule has 1 aliphatic rings. The summed E-state index contributed by atoms with van der Waals surface area (Å²) in [5.41, 5.74) is -0.0155. The van der Waals surface area contributed by atoms with E-state index in [0.29, 0.717) is 38.6 Å². The molecule has 0 spiro atoms. The largest absolute Gasteiger partial charge is 0.481 e. The Labute approximate surface area is 135 Å². The van der Waals surface area contributed by atoms with Gasteiger partial charge in [-0.2, -0.15) is 0 Å². The molecule has 0 bridgehead atoms. The first-order valence-electron chi connectivity index (χ1n) is 7.83. The fourth-order valence-corrected chi connectivity index (χ4v) is 3.11. The summed E-state index contributed by atoms with van der Waals surface area (Å²) in [6, 6.07) is 6.08. The lowest BCUT2D eigenvalue weighted by molar-refractivity contribution is -0.154. The number of halogens is 1. The molecule has 0 unspecified atom stereocenters. The predicted molar refractivity (Wildman–Crippen MR) is 85.4 cm³/mol. The second kappa shape index (κ2) is 7.40. The number of likely N-dealkylation sites (tertiary alicyclic amines) is 1. The SMILES string of the molecule is C=CC[C@]1(C(=O)O)CCCN(C(=O)CCc2ccc(F)cc2)C1. The standard InChI is InChI=1S/C18H22FNO3/c1-2-10-18(17(22)23)11-3-12-20(13-18)16(21)9-6-14-4-7-15(19)8-5-14/h2,4-5,7-8H,1,3,6,9-13H2,(H,22,23)/t18-/m0/s1. The van der Waals surface area contributed by atoms with Gasteiger partial charge in [-0.3, -0.25) is 9.59 Å². The van der Waals surface area contributed by atoms with E-state index in [1.165, 1.54) is 12.1 Å². The summed E-state index contributed by atoms with van der Waals surface area (Å²) in [4.78, 5) is 25.7. The zero-order valence-corrected chi connectivity index (χ0v) is 13.1. The first kappa shape index (κ1) is 17.2. The van der Waals surface area contributed by atoms with Crippen LogP contribution in [0.1, 0.15) is 31.2 Å². The maximum absolute atomic E-state index is 12.9. The molecular weight excluding hydrogens is 297 g/mol. The number of piperidine rings is 1. The highest BCUT2D eigenvalue weighted by Crippen LogP contribution is 2.34. The van der Waals surface area contributed by atoms with Gasteiger partial charge in [0.15, 0.2) is 0 Å². The molecule has 4 nitrogen and oxygen atoms in total. The van der Waals surface area contributed by atoms with Crippen LogP contribution in [0.2, 0.25) is 0 Å². The highest BCUT2D eigenvalue weighted by atomic mass is 19.1. The number of hydrogen-bond donors (Lipinski definition) is 1. The van der Waals surface area contributed by atoms with Crippen molar-refractivity contribution in [3.8, 4) is 0 Å². The number of carboxylic acids is 1. The van der Waals surface area contributed by atoms with Crippen molar-refractivity contribution < 1.29 is 19.1 Å². The van der Waals surface area contributed by atoms with Crippen molar-refractivity contribution in [2.75, 3.05) is 13.1 Å². The lowest BCUT2D eigenvalue weighted by atomic mass is 9.77. The molecule has 1 amide bonds. The van der Waals surface area contributed by atoms with Crippen molar-refractivity contribution in [1.82, 2.24) is 4.90 Å². The molecule has 2 rings (SSSR count). The molecule has 1 aromatic carbocycles. The number of benzene rings is 1. The van der Waals surface area contributed by atoms with Crippen molar-refractivity contribution in [2.45, 2.75) is 32.1 Å². The van der Waals surface area contributed by atoms with Gasteiger partial charge in [0.25, 0.3) is 0 Å².